The molecule has 0 aliphatic carbocycles. The summed E-state index contributed by atoms with van der Waals surface area (Å²) in [6.45, 7) is 2.21. The van der Waals surface area contributed by atoms with E-state index in [1.165, 1.54) is 17.3 Å². The fraction of sp³-hybridized carbons (Fsp3) is 1.00. The molecule has 0 radical (unpaired) electrons. The number of rotatable bonds is 2. The van der Waals surface area contributed by atoms with Gasteiger partial charge in [-0.15, -0.1) is 0 Å². The van der Waals surface area contributed by atoms with Crippen LogP contribution in [0.4, 0.5) is 0 Å². The predicted octanol–water partition coefficient (Wildman–Crippen LogP) is 2.22. The van der Waals surface area contributed by atoms with Crippen LogP contribution in [0.2, 0.25) is 0 Å². The summed E-state index contributed by atoms with van der Waals surface area (Å²) in [7, 11) is 0. The van der Waals surface area contributed by atoms with Gasteiger partial charge in [-0.05, 0) is 10.8 Å². The third kappa shape index (κ3) is 4.73. The van der Waals surface area contributed by atoms with Crippen LogP contribution < -0.4 is 0 Å². The number of hydrogen-bond acceptors (Lipinski definition) is 0. The van der Waals surface area contributed by atoms with E-state index in [-0.39, 0.29) is 0 Å². The highest BCUT2D eigenvalue weighted by Crippen LogP contribution is 1.90. The van der Waals surface area contributed by atoms with Gasteiger partial charge in [-0.2, -0.15) is 0 Å². The molecule has 0 unspecified atom stereocenters. The van der Waals surface area contributed by atoms with Crippen LogP contribution in [0.3, 0.4) is 0 Å². The number of hydrogen-bond donors (Lipinski definition) is 0. The minimum absolute atomic E-state index is 1.31. The van der Waals surface area contributed by atoms with Crippen LogP contribution in [0.15, 0.2) is 0 Å². The zero-order valence-corrected chi connectivity index (χ0v) is 5.66. The first-order chi connectivity index (χ1) is 2.41. The Morgan fingerprint density at radius 1 is 1.60 bits per heavy atom. The van der Waals surface area contributed by atoms with Crippen molar-refractivity contribution >= 4 is 22.6 Å². The molecule has 0 aromatic heterocycles. The summed E-state index contributed by atoms with van der Waals surface area (Å²) in [6.07, 6.45) is 2.71. The average molecular weight is 183 g/mol. The Balaban J connectivity index is 2.19. The van der Waals surface area contributed by atoms with Gasteiger partial charge >= 0.3 is 0 Å². The lowest BCUT2D eigenvalue weighted by atomic mass is 10.1. The molecular weight excluding hydrogens is 174 g/mol. The topological polar surface area (TPSA) is 0 Å². The van der Waals surface area contributed by atoms with E-state index in [9.17, 15) is 0 Å². The molecule has 0 N–H and O–H groups in total. The van der Waals surface area contributed by atoms with Crippen molar-refractivity contribution in [3.8, 4) is 0 Å². The number of halogens is 1. The van der Waals surface area contributed by atoms with E-state index in [4.69, 9.17) is 0 Å². The highest BCUT2D eigenvalue weighted by molar-refractivity contribution is 14.1. The van der Waals surface area contributed by atoms with Crippen LogP contribution in [0.5, 0.6) is 0 Å². The fourth-order valence-electron chi connectivity index (χ4n) is 0.134. The Kier molecular flexibility index (Phi) is 5.42. The minimum atomic E-state index is 1.31. The number of alkyl halides is 1. The van der Waals surface area contributed by atoms with Gasteiger partial charge < -0.3 is 0 Å². The van der Waals surface area contributed by atoms with Crippen LogP contribution in [-0.2, 0) is 0 Å². The molecule has 0 bridgehead atoms. The predicted molar refractivity (Wildman–Crippen MR) is 33.8 cm³/mol. The van der Waals surface area contributed by atoms with Crippen LogP contribution in [0.25, 0.3) is 0 Å². The van der Waals surface area contributed by atoms with E-state index >= 15 is 0 Å². The molecule has 0 heterocycles. The summed E-state index contributed by atoms with van der Waals surface area (Å²) in [5.41, 5.74) is 0. The highest BCUT2D eigenvalue weighted by atomic mass is 127. The van der Waals surface area contributed by atoms with Crippen molar-refractivity contribution in [3.63, 3.8) is 0 Å². The maximum absolute atomic E-state index is 2.39. The number of unbranched alkanes of at least 4 members (excludes halogenated alkanes) is 1. The normalized spacial score (nSPS) is 8.40. The molecule has 0 aliphatic rings. The molecule has 0 saturated heterocycles. The zero-order valence-electron chi connectivity index (χ0n) is 3.50. The monoisotopic (exact) mass is 183 g/mol. The van der Waals surface area contributed by atoms with Crippen molar-refractivity contribution < 1.29 is 0 Å². The van der Waals surface area contributed by atoms with E-state index < -0.39 is 0 Å². The molecule has 0 spiro atoms. The van der Waals surface area contributed by atoms with E-state index in [0.29, 0.717) is 0 Å². The second kappa shape index (κ2) is 4.73. The van der Waals surface area contributed by atoms with Crippen molar-refractivity contribution in [2.24, 2.45) is 0 Å². The molecule has 0 aromatic carbocycles. The zero-order chi connectivity index (χ0) is 4.12. The van der Waals surface area contributed by atoms with Gasteiger partial charge in [0, 0.05) is 0 Å². The maximum Gasteiger partial charge on any atom is -0.000483 e. The smallest absolute Gasteiger partial charge is 0.000483 e. The highest BCUT2D eigenvalue weighted by Gasteiger charge is 1.69. The molecule has 0 aromatic rings. The summed E-state index contributed by atoms with van der Waals surface area (Å²) in [5.74, 6) is 0. The third-order valence-corrected chi connectivity index (χ3v) is 1.25. The Morgan fingerprint density at radius 2 is 2.20 bits per heavy atom. The molecule has 0 atom stereocenters. The summed E-state index contributed by atoms with van der Waals surface area (Å²) in [4.78, 5) is 0. The molecule has 0 rings (SSSR count). The Bertz CT molecular complexity index is 11.1. The lowest BCUT2D eigenvalue weighted by Crippen LogP contribution is -1.64. The molecule has 0 amide bonds. The molecule has 32 valence electrons. The molecule has 1 heteroatoms. The van der Waals surface area contributed by atoms with Crippen molar-refractivity contribution in [3.05, 3.63) is 0 Å². The first kappa shape index (κ1) is 5.73. The van der Waals surface area contributed by atoms with Crippen LogP contribution in [0, 0.1) is 0 Å². The summed E-state index contributed by atoms with van der Waals surface area (Å²) < 4.78 is 1.31. The van der Waals surface area contributed by atoms with E-state index in [0.717, 1.165) is 0 Å². The van der Waals surface area contributed by atoms with Gasteiger partial charge in [-0.25, -0.2) is 0 Å². The molecule has 5 heavy (non-hydrogen) atoms. The summed E-state index contributed by atoms with van der Waals surface area (Å²) in [6, 6.07) is 0. The molecule has 0 saturated carbocycles. The third-order valence-electron chi connectivity index (χ3n) is 0.487. The Morgan fingerprint density at radius 3 is 2.20 bits per heavy atom. The second-order valence-corrected chi connectivity index (χ2v) is 2.12. The average Bonchev–Trinajstić information content (AvgIpc) is 1.41. The van der Waals surface area contributed by atoms with E-state index in [1.54, 1.807) is 0 Å². The fourth-order valence-corrected chi connectivity index (χ4v) is 0.896. The lowest BCUT2D eigenvalue weighted by Gasteiger charge is -1.77. The standard InChI is InChI=1S/C4H9I/c1-2-3-4-5/h2-4H2,1H3/i4-1. The largest absolute Gasteiger partial charge is 0.0864 e. The maximum atomic E-state index is 2.39. The van der Waals surface area contributed by atoms with Crippen LogP contribution in [-0.4, -0.2) is 4.43 Å². The van der Waals surface area contributed by atoms with Gasteiger partial charge in [0.25, 0.3) is 0 Å². The molecule has 0 nitrogen and oxygen atoms in total. The SMILES string of the molecule is CCC[11CH2]I. The minimum Gasteiger partial charge on any atom is -0.0864 e. The van der Waals surface area contributed by atoms with Crippen molar-refractivity contribution in [1.29, 1.82) is 0 Å². The Hall–Kier alpha value is 0.730. The molecular formula is C4H9I. The summed E-state index contributed by atoms with van der Waals surface area (Å²) >= 11 is 2.39. The summed E-state index contributed by atoms with van der Waals surface area (Å²) in [5, 5.41) is 0. The van der Waals surface area contributed by atoms with Crippen LogP contribution >= 0.6 is 22.6 Å². The Labute approximate surface area is 47.1 Å². The van der Waals surface area contributed by atoms with E-state index in [1.807, 2.05) is 0 Å². The van der Waals surface area contributed by atoms with Gasteiger partial charge in [0.15, 0.2) is 0 Å². The van der Waals surface area contributed by atoms with Crippen molar-refractivity contribution in [2.45, 2.75) is 19.8 Å². The van der Waals surface area contributed by atoms with Gasteiger partial charge in [0.05, 0.1) is 0 Å². The van der Waals surface area contributed by atoms with Crippen LogP contribution in [0.1, 0.15) is 19.8 Å². The lowest BCUT2D eigenvalue weighted by molar-refractivity contribution is 0.907. The first-order valence-electron chi connectivity index (χ1n) is 1.97. The van der Waals surface area contributed by atoms with Gasteiger partial charge in [-0.3, -0.25) is 0 Å². The van der Waals surface area contributed by atoms with Gasteiger partial charge in [-0.1, -0.05) is 35.9 Å². The first-order valence-corrected chi connectivity index (χ1v) is 3.50. The van der Waals surface area contributed by atoms with E-state index in [2.05, 4.69) is 29.5 Å². The molecule has 0 fully saturated rings. The van der Waals surface area contributed by atoms with Gasteiger partial charge in [0.2, 0.25) is 0 Å². The second-order valence-electron chi connectivity index (χ2n) is 1.04. The van der Waals surface area contributed by atoms with Crippen molar-refractivity contribution in [1.82, 2.24) is 0 Å². The quantitative estimate of drug-likeness (QED) is 0.454. The van der Waals surface area contributed by atoms with Crippen molar-refractivity contribution in [2.75, 3.05) is 4.43 Å². The molecule has 0 aliphatic heterocycles. The van der Waals surface area contributed by atoms with Gasteiger partial charge in [0.1, 0.15) is 0 Å².